The first-order valence-corrected chi connectivity index (χ1v) is 12.7. The van der Waals surface area contributed by atoms with Gasteiger partial charge in [0.2, 0.25) is 0 Å². The van der Waals surface area contributed by atoms with E-state index in [0.29, 0.717) is 28.9 Å². The minimum Gasteiger partial charge on any atom is -0.347 e. The minimum absolute atomic E-state index is 0.193. The highest BCUT2D eigenvalue weighted by Gasteiger charge is 2.24. The predicted octanol–water partition coefficient (Wildman–Crippen LogP) is 5.56. The maximum Gasteiger partial charge on any atom is 0.259 e. The number of nitrogens with one attached hydrogen (secondary N) is 1. The van der Waals surface area contributed by atoms with Crippen molar-refractivity contribution in [1.29, 1.82) is 0 Å². The lowest BCUT2D eigenvalue weighted by Gasteiger charge is -2.25. The molecule has 1 fully saturated rings. The highest BCUT2D eigenvalue weighted by molar-refractivity contribution is 6.15. The molecule has 9 heteroatoms. The molecule has 37 heavy (non-hydrogen) atoms. The first-order chi connectivity index (χ1) is 17.9. The van der Waals surface area contributed by atoms with Gasteiger partial charge in [0, 0.05) is 41.5 Å². The molecule has 188 valence electrons. The molecule has 0 atom stereocenters. The molecule has 1 amide bonds. The van der Waals surface area contributed by atoms with Gasteiger partial charge in [-0.05, 0) is 52.2 Å². The summed E-state index contributed by atoms with van der Waals surface area (Å²) in [5, 5.41) is 16.8. The number of benzene rings is 1. The van der Waals surface area contributed by atoms with Crippen LogP contribution in [0.5, 0.6) is 0 Å². The van der Waals surface area contributed by atoms with Crippen LogP contribution in [0.15, 0.2) is 55.1 Å². The molecule has 1 N–H and O–H groups in total. The number of rotatable bonds is 6. The number of aromatic nitrogens is 7. The maximum absolute atomic E-state index is 13.6. The molecule has 0 radical (unpaired) electrons. The number of fused-ring (bicyclic) bond motifs is 1. The molecule has 4 aromatic heterocycles. The van der Waals surface area contributed by atoms with Crippen LogP contribution in [0.2, 0.25) is 0 Å². The van der Waals surface area contributed by atoms with Crippen molar-refractivity contribution in [2.75, 3.05) is 5.32 Å². The molecule has 1 aliphatic rings. The van der Waals surface area contributed by atoms with Crippen molar-refractivity contribution in [3.63, 3.8) is 0 Å². The Balaban J connectivity index is 1.35. The van der Waals surface area contributed by atoms with Crippen LogP contribution < -0.4 is 5.32 Å². The number of hydrogen-bond donors (Lipinski definition) is 1. The molecule has 1 aliphatic carbocycles. The fraction of sp³-hybridized carbons (Fsp3) is 0.321. The molecule has 1 aromatic carbocycles. The summed E-state index contributed by atoms with van der Waals surface area (Å²) in [7, 11) is 2.01. The van der Waals surface area contributed by atoms with Gasteiger partial charge in [-0.1, -0.05) is 24.3 Å². The first kappa shape index (κ1) is 23.1. The zero-order valence-corrected chi connectivity index (χ0v) is 21.5. The fourth-order valence-electron chi connectivity index (χ4n) is 5.10. The van der Waals surface area contributed by atoms with Gasteiger partial charge in [-0.25, -0.2) is 4.98 Å². The van der Waals surface area contributed by atoms with E-state index in [4.69, 9.17) is 0 Å². The largest absolute Gasteiger partial charge is 0.347 e. The zero-order chi connectivity index (χ0) is 25.7. The molecule has 6 rings (SSSR count). The molecule has 0 aliphatic heterocycles. The number of nitrogens with zero attached hydrogens (tertiary/aromatic N) is 7. The Morgan fingerprint density at radius 2 is 1.95 bits per heavy atom. The number of aryl methyl sites for hydroxylation is 1. The second-order valence-corrected chi connectivity index (χ2v) is 10.0. The summed E-state index contributed by atoms with van der Waals surface area (Å²) in [6, 6.07) is 12.3. The van der Waals surface area contributed by atoms with Crippen LogP contribution in [-0.2, 0) is 7.05 Å². The summed E-state index contributed by atoms with van der Waals surface area (Å²) in [4.78, 5) is 18.3. The lowest BCUT2D eigenvalue weighted by atomic mass is 9.93. The molecule has 0 unspecified atom stereocenters. The molecule has 1 saturated carbocycles. The standard InChI is InChI=1S/C28H30N8O/c1-17(2)35-16-29-33-27(35)23-12-7-13-24(31-23)32-28(37)25-18(3)34(4)26-21(10-6-11-22(25)26)19-14-30-36(15-19)20-8-5-9-20/h6-7,10-17,20H,5,8-9H2,1-4H3,(H,31,32,37). The SMILES string of the molecule is Cc1c(C(=O)Nc2cccc(-c3nncn3C(C)C)n2)c2cccc(-c3cnn(C4CCC4)c3)c2n1C. The van der Waals surface area contributed by atoms with Crippen LogP contribution in [0.3, 0.4) is 0 Å². The van der Waals surface area contributed by atoms with Gasteiger partial charge in [0.25, 0.3) is 5.91 Å². The Bertz CT molecular complexity index is 1620. The minimum atomic E-state index is -0.194. The molecular weight excluding hydrogens is 464 g/mol. The van der Waals surface area contributed by atoms with E-state index >= 15 is 0 Å². The van der Waals surface area contributed by atoms with E-state index in [9.17, 15) is 4.79 Å². The third kappa shape index (κ3) is 3.91. The van der Waals surface area contributed by atoms with Crippen LogP contribution in [0.4, 0.5) is 5.82 Å². The Labute approximate surface area is 215 Å². The molecule has 5 aromatic rings. The van der Waals surface area contributed by atoms with Gasteiger partial charge in [-0.2, -0.15) is 5.10 Å². The number of para-hydroxylation sites is 1. The summed E-state index contributed by atoms with van der Waals surface area (Å²) in [6.07, 6.45) is 9.39. The quantitative estimate of drug-likeness (QED) is 0.333. The highest BCUT2D eigenvalue weighted by atomic mass is 16.1. The third-order valence-electron chi connectivity index (χ3n) is 7.44. The molecular formula is C28H30N8O. The van der Waals surface area contributed by atoms with Crippen molar-refractivity contribution in [3.05, 3.63) is 66.4 Å². The maximum atomic E-state index is 13.6. The Morgan fingerprint density at radius 1 is 1.14 bits per heavy atom. The van der Waals surface area contributed by atoms with Crippen LogP contribution in [0.1, 0.15) is 61.2 Å². The normalized spacial score (nSPS) is 13.9. The van der Waals surface area contributed by atoms with Gasteiger partial charge in [-0.15, -0.1) is 10.2 Å². The predicted molar refractivity (Wildman–Crippen MR) is 143 cm³/mol. The molecule has 0 saturated heterocycles. The van der Waals surface area contributed by atoms with E-state index in [2.05, 4.69) is 61.0 Å². The van der Waals surface area contributed by atoms with Gasteiger partial charge in [-0.3, -0.25) is 9.48 Å². The van der Waals surface area contributed by atoms with Gasteiger partial charge in [0.1, 0.15) is 17.8 Å². The summed E-state index contributed by atoms with van der Waals surface area (Å²) in [6.45, 7) is 6.11. The fourth-order valence-corrected chi connectivity index (χ4v) is 5.10. The van der Waals surface area contributed by atoms with Gasteiger partial charge >= 0.3 is 0 Å². The molecule has 0 spiro atoms. The van der Waals surface area contributed by atoms with Crippen LogP contribution in [0, 0.1) is 6.92 Å². The van der Waals surface area contributed by atoms with E-state index in [-0.39, 0.29) is 11.9 Å². The van der Waals surface area contributed by atoms with E-state index in [1.807, 2.05) is 49.0 Å². The number of carbonyl (C=O) groups is 1. The monoisotopic (exact) mass is 494 g/mol. The van der Waals surface area contributed by atoms with Crippen molar-refractivity contribution in [2.45, 2.75) is 52.1 Å². The summed E-state index contributed by atoms with van der Waals surface area (Å²) in [5.41, 5.74) is 5.34. The lowest BCUT2D eigenvalue weighted by Crippen LogP contribution is -2.16. The van der Waals surface area contributed by atoms with Crippen LogP contribution in [0.25, 0.3) is 33.5 Å². The van der Waals surface area contributed by atoms with Crippen molar-refractivity contribution < 1.29 is 4.79 Å². The topological polar surface area (TPSA) is 95.5 Å². The van der Waals surface area contributed by atoms with Crippen molar-refractivity contribution in [3.8, 4) is 22.6 Å². The van der Waals surface area contributed by atoms with Crippen LogP contribution in [-0.4, -0.2) is 40.0 Å². The first-order valence-electron chi connectivity index (χ1n) is 12.7. The Morgan fingerprint density at radius 3 is 2.70 bits per heavy atom. The summed E-state index contributed by atoms with van der Waals surface area (Å²) in [5.74, 6) is 0.940. The second kappa shape index (κ2) is 8.99. The number of carbonyl (C=O) groups excluding carboxylic acids is 1. The summed E-state index contributed by atoms with van der Waals surface area (Å²) >= 11 is 0. The average molecular weight is 495 g/mol. The molecule has 9 nitrogen and oxygen atoms in total. The molecule has 4 heterocycles. The smallest absolute Gasteiger partial charge is 0.259 e. The zero-order valence-electron chi connectivity index (χ0n) is 21.5. The van der Waals surface area contributed by atoms with E-state index in [1.165, 1.54) is 19.3 Å². The second-order valence-electron chi connectivity index (χ2n) is 10.0. The van der Waals surface area contributed by atoms with Crippen molar-refractivity contribution >= 4 is 22.6 Å². The highest BCUT2D eigenvalue weighted by Crippen LogP contribution is 2.36. The lowest BCUT2D eigenvalue weighted by molar-refractivity contribution is 0.102. The average Bonchev–Trinajstić information content (AvgIpc) is 3.58. The number of anilines is 1. The van der Waals surface area contributed by atoms with Crippen molar-refractivity contribution in [2.24, 2.45) is 7.05 Å². The van der Waals surface area contributed by atoms with Gasteiger partial charge in [0.05, 0.1) is 23.3 Å². The number of hydrogen-bond acceptors (Lipinski definition) is 5. The molecule has 0 bridgehead atoms. The van der Waals surface area contributed by atoms with Gasteiger partial charge < -0.3 is 14.5 Å². The summed E-state index contributed by atoms with van der Waals surface area (Å²) < 4.78 is 6.13. The third-order valence-corrected chi connectivity index (χ3v) is 7.44. The number of pyridine rings is 1. The van der Waals surface area contributed by atoms with Crippen molar-refractivity contribution in [1.82, 2.24) is 34.1 Å². The Hall–Kier alpha value is -4.27. The van der Waals surface area contributed by atoms with E-state index in [0.717, 1.165) is 27.7 Å². The van der Waals surface area contributed by atoms with Gasteiger partial charge in [0.15, 0.2) is 5.82 Å². The number of amides is 1. The van der Waals surface area contributed by atoms with E-state index < -0.39 is 0 Å². The van der Waals surface area contributed by atoms with Crippen LogP contribution >= 0.6 is 0 Å². The van der Waals surface area contributed by atoms with E-state index in [1.54, 1.807) is 12.4 Å². The Kier molecular flexibility index (Phi) is 5.62.